The largest absolute Gasteiger partial charge is 0.496 e. The van der Waals surface area contributed by atoms with E-state index < -0.39 is 14.0 Å². The number of halogens is 3. The summed E-state index contributed by atoms with van der Waals surface area (Å²) < 4.78 is 36.9. The van der Waals surface area contributed by atoms with E-state index in [1.54, 1.807) is 6.20 Å². The summed E-state index contributed by atoms with van der Waals surface area (Å²) >= 11 is 15.1. The Morgan fingerprint density at radius 3 is 1.09 bits per heavy atom. The number of hydrogen-bond acceptors (Lipinski definition) is 8. The Balaban J connectivity index is 0.000000160. The fraction of sp³-hybridized carbons (Fsp3) is 0.450. The summed E-state index contributed by atoms with van der Waals surface area (Å²) in [6.45, 7) is 24.4. The lowest BCUT2D eigenvalue weighted by Gasteiger charge is -2.32. The normalized spacial score (nSPS) is 21.2. The molecule has 3 fully saturated rings. The van der Waals surface area contributed by atoms with Crippen LogP contribution in [0.1, 0.15) is 83.1 Å². The van der Waals surface area contributed by atoms with Gasteiger partial charge in [0.1, 0.15) is 0 Å². The van der Waals surface area contributed by atoms with E-state index in [4.69, 9.17) is 51.1 Å². The maximum absolute atomic E-state index is 6.03. The number of rotatable bonds is 4. The van der Waals surface area contributed by atoms with Crippen LogP contribution in [0, 0.1) is 0 Å². The van der Waals surface area contributed by atoms with Crippen LogP contribution >= 0.6 is 39.1 Å². The molecule has 8 nitrogen and oxygen atoms in total. The first-order valence-electron chi connectivity index (χ1n) is 18.1. The number of nitrogens with zero attached hydrogens (tertiary/aromatic N) is 2. The molecule has 3 saturated heterocycles. The standard InChI is InChI=1S/C17H19BClNO2.C12H24B2O4.C11H7BrClN/c1-16(2)17(3,4)22-18(21-16)13-7-10-15(20-11-13)12-5-8-14(19)9-6-12;1-9(2)10(3,4)16-13(15-9)14-17-11(5,6)12(7,8)18-14;12-9-3-6-11(14-7-9)8-1-4-10(13)5-2-8/h5-11H,1-4H3;1-8H3;1-7H. The third-order valence-electron chi connectivity index (χ3n) is 11.1. The third-order valence-corrected chi connectivity index (χ3v) is 12.1. The molecule has 2 aromatic carbocycles. The Morgan fingerprint density at radius 1 is 0.444 bits per heavy atom. The first kappa shape index (κ1) is 42.9. The van der Waals surface area contributed by atoms with Gasteiger partial charge >= 0.3 is 21.1 Å². The minimum absolute atomic E-state index is 0.341. The molecule has 0 radical (unpaired) electrons. The van der Waals surface area contributed by atoms with Crippen LogP contribution in [0.15, 0.2) is 89.7 Å². The SMILES string of the molecule is CC1(C)OB(B2OC(C)(C)C(C)(C)O2)OC1(C)C.CC1(C)OB(c2ccc(-c3ccc(Cl)cc3)nc2)OC1(C)C.Clc1ccc(-c2ccc(Br)cn2)cc1. The average Bonchev–Trinajstić information content (AvgIpc) is 3.56. The van der Waals surface area contributed by atoms with Crippen molar-refractivity contribution in [3.8, 4) is 22.5 Å². The van der Waals surface area contributed by atoms with Gasteiger partial charge in [0.15, 0.2) is 0 Å². The van der Waals surface area contributed by atoms with Gasteiger partial charge < -0.3 is 27.9 Å². The molecular weight excluding hydrogens is 788 g/mol. The first-order valence-corrected chi connectivity index (χ1v) is 19.6. The molecule has 0 N–H and O–H groups in total. The number of pyridine rings is 2. The van der Waals surface area contributed by atoms with Crippen molar-refractivity contribution < 1.29 is 27.9 Å². The quantitative estimate of drug-likeness (QED) is 0.188. The summed E-state index contributed by atoms with van der Waals surface area (Å²) in [5, 5.41) is 1.46. The van der Waals surface area contributed by atoms with E-state index in [0.717, 1.165) is 42.5 Å². The van der Waals surface area contributed by atoms with Crippen molar-refractivity contribution in [1.82, 2.24) is 9.97 Å². The van der Waals surface area contributed by atoms with Crippen molar-refractivity contribution in [3.05, 3.63) is 99.7 Å². The molecule has 0 saturated carbocycles. The Bertz CT molecular complexity index is 1750. The van der Waals surface area contributed by atoms with Crippen LogP contribution in [0.4, 0.5) is 0 Å². The molecule has 0 unspecified atom stereocenters. The van der Waals surface area contributed by atoms with Gasteiger partial charge in [-0.15, -0.1) is 0 Å². The molecule has 54 heavy (non-hydrogen) atoms. The van der Waals surface area contributed by atoms with Crippen LogP contribution in [-0.2, 0) is 27.9 Å². The lowest BCUT2D eigenvalue weighted by molar-refractivity contribution is 0.00578. The van der Waals surface area contributed by atoms with Crippen molar-refractivity contribution in [1.29, 1.82) is 0 Å². The molecule has 0 aliphatic carbocycles. The first-order chi connectivity index (χ1) is 24.9. The van der Waals surface area contributed by atoms with Crippen LogP contribution in [0.2, 0.25) is 10.0 Å². The van der Waals surface area contributed by atoms with E-state index in [2.05, 4.69) is 25.9 Å². The Hall–Kier alpha value is -2.25. The van der Waals surface area contributed by atoms with Gasteiger partial charge in [0, 0.05) is 43.5 Å². The van der Waals surface area contributed by atoms with Gasteiger partial charge in [0.05, 0.1) is 45.0 Å². The molecule has 0 amide bonds. The van der Waals surface area contributed by atoms with Crippen LogP contribution < -0.4 is 5.46 Å². The minimum atomic E-state index is -0.476. The molecule has 5 heterocycles. The zero-order valence-corrected chi connectivity index (χ0v) is 36.4. The van der Waals surface area contributed by atoms with E-state index in [9.17, 15) is 0 Å². The van der Waals surface area contributed by atoms with E-state index in [1.807, 2.05) is 162 Å². The molecule has 0 bridgehead atoms. The molecule has 3 aliphatic heterocycles. The zero-order valence-electron chi connectivity index (χ0n) is 33.3. The summed E-state index contributed by atoms with van der Waals surface area (Å²) in [5.74, 6) is 0. The fourth-order valence-corrected chi connectivity index (χ4v) is 5.97. The second-order valence-corrected chi connectivity index (χ2v) is 18.5. The molecule has 0 spiro atoms. The Kier molecular flexibility index (Phi) is 12.7. The highest BCUT2D eigenvalue weighted by Gasteiger charge is 2.63. The summed E-state index contributed by atoms with van der Waals surface area (Å²) in [6.07, 6.45) is 3.59. The van der Waals surface area contributed by atoms with Gasteiger partial charge in [-0.05, 0) is 141 Å². The van der Waals surface area contributed by atoms with E-state index in [1.165, 1.54) is 0 Å². The van der Waals surface area contributed by atoms with E-state index in [0.29, 0.717) is 0 Å². The molecule has 0 atom stereocenters. The van der Waals surface area contributed by atoms with Crippen LogP contribution in [0.5, 0.6) is 0 Å². The summed E-state index contributed by atoms with van der Waals surface area (Å²) in [6, 6.07) is 23.2. The van der Waals surface area contributed by atoms with Crippen molar-refractivity contribution in [2.45, 2.75) is 117 Å². The number of aromatic nitrogens is 2. The lowest BCUT2D eigenvalue weighted by atomic mass is 9.49. The van der Waals surface area contributed by atoms with Gasteiger partial charge in [-0.1, -0.05) is 53.5 Å². The molecule has 2 aromatic heterocycles. The molecule has 286 valence electrons. The monoisotopic (exact) mass is 836 g/mol. The lowest BCUT2D eigenvalue weighted by Crippen LogP contribution is -2.41. The van der Waals surface area contributed by atoms with Gasteiger partial charge in [0.25, 0.3) is 0 Å². The Morgan fingerprint density at radius 2 is 0.778 bits per heavy atom. The van der Waals surface area contributed by atoms with Gasteiger partial charge in [-0.3, -0.25) is 9.97 Å². The van der Waals surface area contributed by atoms with Crippen LogP contribution in [0.25, 0.3) is 22.5 Å². The van der Waals surface area contributed by atoms with Crippen molar-refractivity contribution in [3.63, 3.8) is 0 Å². The zero-order chi connectivity index (χ0) is 39.9. The summed E-state index contributed by atoms with van der Waals surface area (Å²) in [7, 11) is -1.33. The highest BCUT2D eigenvalue weighted by Crippen LogP contribution is 2.43. The predicted octanol–water partition coefficient (Wildman–Crippen LogP) is 10.1. The third kappa shape index (κ3) is 9.64. The van der Waals surface area contributed by atoms with Gasteiger partial charge in [-0.25, -0.2) is 0 Å². The minimum Gasteiger partial charge on any atom is -0.405 e. The van der Waals surface area contributed by atoms with Crippen molar-refractivity contribution >= 4 is 65.7 Å². The molecule has 14 heteroatoms. The Labute approximate surface area is 340 Å². The van der Waals surface area contributed by atoms with Crippen molar-refractivity contribution in [2.75, 3.05) is 0 Å². The molecule has 3 aliphatic rings. The van der Waals surface area contributed by atoms with Crippen molar-refractivity contribution in [2.24, 2.45) is 0 Å². The van der Waals surface area contributed by atoms with E-state index >= 15 is 0 Å². The van der Waals surface area contributed by atoms with Gasteiger partial charge in [-0.2, -0.15) is 0 Å². The van der Waals surface area contributed by atoms with Gasteiger partial charge in [0.2, 0.25) is 0 Å². The van der Waals surface area contributed by atoms with Crippen LogP contribution in [-0.4, -0.2) is 64.7 Å². The average molecular weight is 838 g/mol. The number of hydrogen-bond donors (Lipinski definition) is 0. The second kappa shape index (κ2) is 16.0. The highest BCUT2D eigenvalue weighted by molar-refractivity contribution is 9.10. The van der Waals surface area contributed by atoms with Crippen LogP contribution in [0.3, 0.4) is 0 Å². The molecule has 7 rings (SSSR count). The predicted molar refractivity (Wildman–Crippen MR) is 225 cm³/mol. The maximum atomic E-state index is 6.03. The molecule has 4 aromatic rings. The maximum Gasteiger partial charge on any atom is 0.496 e. The molecular formula is C40H50B3BrCl2N2O6. The summed E-state index contributed by atoms with van der Waals surface area (Å²) in [5.41, 5.74) is 2.76. The smallest absolute Gasteiger partial charge is 0.405 e. The fourth-order valence-electron chi connectivity index (χ4n) is 5.48. The number of benzene rings is 2. The highest BCUT2D eigenvalue weighted by atomic mass is 79.9. The summed E-state index contributed by atoms with van der Waals surface area (Å²) in [4.78, 5) is 8.80. The van der Waals surface area contributed by atoms with E-state index in [-0.39, 0.29) is 40.7 Å². The topological polar surface area (TPSA) is 81.2 Å². The second-order valence-electron chi connectivity index (χ2n) is 16.7.